The van der Waals surface area contributed by atoms with E-state index in [0.29, 0.717) is 11.6 Å². The summed E-state index contributed by atoms with van der Waals surface area (Å²) in [5.74, 6) is 3.16. The molecule has 0 aliphatic heterocycles. The SMILES string of the molecule is C#Cc1cc(C2CCC2)ncn1. The Hall–Kier alpha value is -1.36. The van der Waals surface area contributed by atoms with E-state index in [1.807, 2.05) is 6.07 Å². The summed E-state index contributed by atoms with van der Waals surface area (Å²) in [4.78, 5) is 8.15. The van der Waals surface area contributed by atoms with E-state index in [-0.39, 0.29) is 0 Å². The Balaban J connectivity index is 2.27. The van der Waals surface area contributed by atoms with Gasteiger partial charge in [-0.1, -0.05) is 12.3 Å². The maximum Gasteiger partial charge on any atom is 0.117 e. The maximum absolute atomic E-state index is 5.24. The highest BCUT2D eigenvalue weighted by atomic mass is 14.8. The van der Waals surface area contributed by atoms with Gasteiger partial charge in [0, 0.05) is 11.6 Å². The molecular formula is C10H10N2. The Morgan fingerprint density at radius 1 is 1.42 bits per heavy atom. The van der Waals surface area contributed by atoms with Crippen LogP contribution in [-0.2, 0) is 0 Å². The summed E-state index contributed by atoms with van der Waals surface area (Å²) in [7, 11) is 0. The largest absolute Gasteiger partial charge is 0.241 e. The Kier molecular flexibility index (Phi) is 1.79. The van der Waals surface area contributed by atoms with Crippen molar-refractivity contribution in [3.05, 3.63) is 23.8 Å². The Bertz CT molecular complexity index is 321. The van der Waals surface area contributed by atoms with Crippen LogP contribution in [0.1, 0.15) is 36.6 Å². The minimum atomic E-state index is 0.639. The van der Waals surface area contributed by atoms with Crippen LogP contribution in [0.4, 0.5) is 0 Å². The number of nitrogens with zero attached hydrogens (tertiary/aromatic N) is 2. The number of terminal acetylenes is 1. The van der Waals surface area contributed by atoms with Crippen molar-refractivity contribution < 1.29 is 0 Å². The summed E-state index contributed by atoms with van der Waals surface area (Å²) in [5, 5.41) is 0. The van der Waals surface area contributed by atoms with Crippen molar-refractivity contribution in [1.82, 2.24) is 9.97 Å². The molecule has 1 aliphatic carbocycles. The highest BCUT2D eigenvalue weighted by Crippen LogP contribution is 2.34. The van der Waals surface area contributed by atoms with Crippen molar-refractivity contribution >= 4 is 0 Å². The molecule has 0 saturated heterocycles. The molecule has 1 aromatic heterocycles. The molecule has 60 valence electrons. The molecule has 2 nitrogen and oxygen atoms in total. The van der Waals surface area contributed by atoms with Crippen LogP contribution in [0.25, 0.3) is 0 Å². The molecule has 0 amide bonds. The van der Waals surface area contributed by atoms with Crippen LogP contribution in [0.2, 0.25) is 0 Å². The maximum atomic E-state index is 5.24. The fourth-order valence-corrected chi connectivity index (χ4v) is 1.38. The predicted octanol–water partition coefficient (Wildman–Crippen LogP) is 1.73. The third kappa shape index (κ3) is 1.18. The standard InChI is InChI=1S/C10H10N2/c1-2-9-6-10(12-7-11-9)8-4-3-5-8/h1,6-8H,3-5H2. The van der Waals surface area contributed by atoms with Crippen LogP contribution in [0, 0.1) is 12.3 Å². The van der Waals surface area contributed by atoms with Crippen LogP contribution in [-0.4, -0.2) is 9.97 Å². The van der Waals surface area contributed by atoms with Gasteiger partial charge in [0.1, 0.15) is 12.0 Å². The zero-order valence-corrected chi connectivity index (χ0v) is 6.83. The smallest absolute Gasteiger partial charge is 0.117 e. The van der Waals surface area contributed by atoms with Crippen LogP contribution < -0.4 is 0 Å². The van der Waals surface area contributed by atoms with Crippen molar-refractivity contribution in [3.63, 3.8) is 0 Å². The Morgan fingerprint density at radius 3 is 2.83 bits per heavy atom. The van der Waals surface area contributed by atoms with Crippen molar-refractivity contribution in [1.29, 1.82) is 0 Å². The van der Waals surface area contributed by atoms with E-state index in [2.05, 4.69) is 15.9 Å². The molecular weight excluding hydrogens is 148 g/mol. The second-order valence-electron chi connectivity index (χ2n) is 3.10. The van der Waals surface area contributed by atoms with Gasteiger partial charge in [-0.3, -0.25) is 0 Å². The van der Waals surface area contributed by atoms with Gasteiger partial charge in [-0.2, -0.15) is 0 Å². The molecule has 1 heterocycles. The van der Waals surface area contributed by atoms with E-state index < -0.39 is 0 Å². The molecule has 0 spiro atoms. The van der Waals surface area contributed by atoms with E-state index in [1.54, 1.807) is 6.33 Å². The topological polar surface area (TPSA) is 25.8 Å². The average Bonchev–Trinajstić information content (AvgIpc) is 2.02. The first-order valence-corrected chi connectivity index (χ1v) is 4.18. The summed E-state index contributed by atoms with van der Waals surface area (Å²) in [6, 6.07) is 1.92. The number of hydrogen-bond acceptors (Lipinski definition) is 2. The quantitative estimate of drug-likeness (QED) is 0.581. The van der Waals surface area contributed by atoms with Gasteiger partial charge in [0.2, 0.25) is 0 Å². The van der Waals surface area contributed by atoms with Gasteiger partial charge in [0.25, 0.3) is 0 Å². The highest BCUT2D eigenvalue weighted by Gasteiger charge is 2.20. The second-order valence-corrected chi connectivity index (χ2v) is 3.10. The fourth-order valence-electron chi connectivity index (χ4n) is 1.38. The first kappa shape index (κ1) is 7.30. The predicted molar refractivity (Wildman–Crippen MR) is 46.6 cm³/mol. The number of aromatic nitrogens is 2. The molecule has 0 aromatic carbocycles. The van der Waals surface area contributed by atoms with E-state index in [0.717, 1.165) is 5.69 Å². The summed E-state index contributed by atoms with van der Waals surface area (Å²) in [6.45, 7) is 0. The second kappa shape index (κ2) is 2.94. The highest BCUT2D eigenvalue weighted by molar-refractivity contribution is 5.26. The summed E-state index contributed by atoms with van der Waals surface area (Å²) >= 11 is 0. The lowest BCUT2D eigenvalue weighted by molar-refractivity contribution is 0.410. The average molecular weight is 158 g/mol. The molecule has 2 rings (SSSR count). The first-order valence-electron chi connectivity index (χ1n) is 4.18. The van der Waals surface area contributed by atoms with Gasteiger partial charge >= 0.3 is 0 Å². The molecule has 1 fully saturated rings. The molecule has 0 N–H and O–H groups in total. The third-order valence-corrected chi connectivity index (χ3v) is 2.36. The van der Waals surface area contributed by atoms with Crippen molar-refractivity contribution in [2.45, 2.75) is 25.2 Å². The first-order chi connectivity index (χ1) is 5.90. The van der Waals surface area contributed by atoms with E-state index in [1.165, 1.54) is 19.3 Å². The van der Waals surface area contributed by atoms with E-state index >= 15 is 0 Å². The van der Waals surface area contributed by atoms with Gasteiger partial charge in [0.05, 0.1) is 0 Å². The summed E-state index contributed by atoms with van der Waals surface area (Å²) < 4.78 is 0. The zero-order chi connectivity index (χ0) is 8.39. The fraction of sp³-hybridized carbons (Fsp3) is 0.400. The molecule has 0 atom stereocenters. The van der Waals surface area contributed by atoms with Gasteiger partial charge in [-0.05, 0) is 18.9 Å². The Labute approximate surface area is 72.1 Å². The molecule has 0 bridgehead atoms. The van der Waals surface area contributed by atoms with Crippen LogP contribution in [0.5, 0.6) is 0 Å². The lowest BCUT2D eigenvalue weighted by Crippen LogP contribution is -2.10. The van der Waals surface area contributed by atoms with Gasteiger partial charge in [-0.15, -0.1) is 6.42 Å². The minimum Gasteiger partial charge on any atom is -0.241 e. The van der Waals surface area contributed by atoms with Gasteiger partial charge < -0.3 is 0 Å². The minimum absolute atomic E-state index is 0.639. The molecule has 0 unspecified atom stereocenters. The number of rotatable bonds is 1. The monoisotopic (exact) mass is 158 g/mol. The van der Waals surface area contributed by atoms with Crippen LogP contribution in [0.3, 0.4) is 0 Å². The zero-order valence-electron chi connectivity index (χ0n) is 6.83. The lowest BCUT2D eigenvalue weighted by atomic mass is 9.83. The van der Waals surface area contributed by atoms with E-state index in [4.69, 9.17) is 6.42 Å². The summed E-state index contributed by atoms with van der Waals surface area (Å²) in [6.07, 6.45) is 10.6. The third-order valence-electron chi connectivity index (χ3n) is 2.36. The van der Waals surface area contributed by atoms with Gasteiger partial charge in [-0.25, -0.2) is 9.97 Å². The van der Waals surface area contributed by atoms with Gasteiger partial charge in [0.15, 0.2) is 0 Å². The van der Waals surface area contributed by atoms with Crippen molar-refractivity contribution in [3.8, 4) is 12.3 Å². The molecule has 1 aromatic rings. The molecule has 1 aliphatic rings. The molecule has 12 heavy (non-hydrogen) atoms. The lowest BCUT2D eigenvalue weighted by Gasteiger charge is -2.24. The van der Waals surface area contributed by atoms with Crippen LogP contribution >= 0.6 is 0 Å². The number of hydrogen-bond donors (Lipinski definition) is 0. The Morgan fingerprint density at radius 2 is 2.25 bits per heavy atom. The summed E-state index contributed by atoms with van der Waals surface area (Å²) in [5.41, 5.74) is 1.82. The van der Waals surface area contributed by atoms with E-state index in [9.17, 15) is 0 Å². The molecule has 1 saturated carbocycles. The molecule has 0 radical (unpaired) electrons. The van der Waals surface area contributed by atoms with Crippen molar-refractivity contribution in [2.24, 2.45) is 0 Å². The normalized spacial score (nSPS) is 16.6. The molecule has 2 heteroatoms. The van der Waals surface area contributed by atoms with Crippen LogP contribution in [0.15, 0.2) is 12.4 Å². The van der Waals surface area contributed by atoms with Crippen molar-refractivity contribution in [2.75, 3.05) is 0 Å².